The molecule has 0 saturated carbocycles. The van der Waals surface area contributed by atoms with Gasteiger partial charge in [-0.1, -0.05) is 13.8 Å². The van der Waals surface area contributed by atoms with Crippen LogP contribution in [0.1, 0.15) is 13.8 Å². The normalized spacial score (nSPS) is 19.8. The van der Waals surface area contributed by atoms with Crippen molar-refractivity contribution in [3.8, 4) is 0 Å². The zero-order chi connectivity index (χ0) is 18.7. The number of aliphatic carboxylic acids is 1. The summed E-state index contributed by atoms with van der Waals surface area (Å²) in [6.07, 6.45) is 0. The minimum atomic E-state index is -1.05. The topological polar surface area (TPSA) is 82.2 Å². The van der Waals surface area contributed by atoms with Gasteiger partial charge in [-0.2, -0.15) is 0 Å². The first-order valence-corrected chi connectivity index (χ1v) is 9.28. The molecule has 26 heavy (non-hydrogen) atoms. The summed E-state index contributed by atoms with van der Waals surface area (Å²) in [5.74, 6) is -1.07. The number of carboxylic acids is 1. The molecule has 0 atom stereocenters. The summed E-state index contributed by atoms with van der Waals surface area (Å²) in [4.78, 5) is 31.6. The van der Waals surface area contributed by atoms with Crippen molar-refractivity contribution in [2.45, 2.75) is 13.8 Å². The van der Waals surface area contributed by atoms with Gasteiger partial charge in [-0.05, 0) is 13.1 Å². The summed E-state index contributed by atoms with van der Waals surface area (Å²) in [6, 6.07) is 0. The van der Waals surface area contributed by atoms with Crippen LogP contribution in [0.2, 0.25) is 0 Å². The van der Waals surface area contributed by atoms with E-state index < -0.39 is 5.97 Å². The Morgan fingerprint density at radius 1 is 0.769 bits per heavy atom. The van der Waals surface area contributed by atoms with Crippen LogP contribution in [0.4, 0.5) is 0 Å². The molecule has 1 N–H and O–H groups in total. The molecule has 1 rings (SSSR count). The molecule has 0 aromatic heterocycles. The molecule has 0 unspecified atom stereocenters. The predicted molar refractivity (Wildman–Crippen MR) is 96.2 cm³/mol. The van der Waals surface area contributed by atoms with Gasteiger partial charge < -0.3 is 25.0 Å². The van der Waals surface area contributed by atoms with Crippen molar-refractivity contribution in [3.05, 3.63) is 0 Å². The SMILES string of the molecule is CCN1CCN(CC)CCN(CC(=O)NC)CCN(CC(=O)[O-])CC1.[Gd+3]. The maximum Gasteiger partial charge on any atom is 3.00 e. The Hall–Kier alpha value is 0.105. The molecule has 1 amide bonds. The van der Waals surface area contributed by atoms with E-state index in [9.17, 15) is 14.7 Å². The van der Waals surface area contributed by atoms with Crippen molar-refractivity contribution in [2.75, 3.05) is 85.6 Å². The van der Waals surface area contributed by atoms with Gasteiger partial charge in [0.15, 0.2) is 0 Å². The fourth-order valence-electron chi connectivity index (χ4n) is 2.99. The summed E-state index contributed by atoms with van der Waals surface area (Å²) >= 11 is 0. The molecule has 1 aliphatic rings. The van der Waals surface area contributed by atoms with Crippen LogP contribution in [-0.2, 0) is 9.59 Å². The third-order valence-corrected chi connectivity index (χ3v) is 4.82. The van der Waals surface area contributed by atoms with Crippen molar-refractivity contribution in [3.63, 3.8) is 0 Å². The summed E-state index contributed by atoms with van der Waals surface area (Å²) < 4.78 is 0. The second-order valence-corrected chi connectivity index (χ2v) is 6.47. The molecule has 0 aromatic rings. The zero-order valence-corrected chi connectivity index (χ0v) is 18.6. The fraction of sp³-hybridized carbons (Fsp3) is 0.882. The van der Waals surface area contributed by atoms with Gasteiger partial charge in [0.25, 0.3) is 0 Å². The van der Waals surface area contributed by atoms with E-state index in [0.717, 1.165) is 45.8 Å². The number of amides is 1. The Kier molecular flexibility index (Phi) is 15.1. The summed E-state index contributed by atoms with van der Waals surface area (Å²) in [5, 5.41) is 13.7. The second-order valence-electron chi connectivity index (χ2n) is 6.47. The first kappa shape index (κ1) is 26.1. The first-order valence-electron chi connectivity index (χ1n) is 9.28. The number of carbonyl (C=O) groups excluding carboxylic acids is 2. The van der Waals surface area contributed by atoms with Gasteiger partial charge in [0.05, 0.1) is 12.5 Å². The monoisotopic (exact) mass is 514 g/mol. The van der Waals surface area contributed by atoms with Gasteiger partial charge in [0, 0.05) is 66.0 Å². The van der Waals surface area contributed by atoms with Crippen molar-refractivity contribution in [1.29, 1.82) is 0 Å². The van der Waals surface area contributed by atoms with E-state index >= 15 is 0 Å². The van der Waals surface area contributed by atoms with Crippen LogP contribution < -0.4 is 10.4 Å². The summed E-state index contributed by atoms with van der Waals surface area (Å²) in [6.45, 7) is 13.0. The van der Waals surface area contributed by atoms with Crippen LogP contribution in [-0.4, -0.2) is 117 Å². The molecule has 1 aliphatic heterocycles. The van der Waals surface area contributed by atoms with E-state index in [-0.39, 0.29) is 52.4 Å². The van der Waals surface area contributed by atoms with Crippen LogP contribution in [0.5, 0.6) is 0 Å². The van der Waals surface area contributed by atoms with Gasteiger partial charge in [0.1, 0.15) is 0 Å². The third kappa shape index (κ3) is 11.1. The standard InChI is InChI=1S/C17H35N5O3.Gd/c1-4-19-6-7-20(5-2)9-11-22(15-17(24)25)13-12-21(10-8-19)14-16(23)18-3;/h4-15H2,1-3H3,(H,18,23)(H,24,25);/q;+3/p-1. The van der Waals surface area contributed by atoms with Crippen LogP contribution in [0, 0.1) is 39.9 Å². The predicted octanol–water partition coefficient (Wildman–Crippen LogP) is -2.26. The molecule has 1 heterocycles. The van der Waals surface area contributed by atoms with Crippen molar-refractivity contribution in [2.24, 2.45) is 0 Å². The Labute approximate surface area is 189 Å². The first-order chi connectivity index (χ1) is 12.0. The number of carboxylic acid groups (broad SMARTS) is 1. The van der Waals surface area contributed by atoms with Gasteiger partial charge in [-0.25, -0.2) is 0 Å². The van der Waals surface area contributed by atoms with E-state index in [2.05, 4.69) is 33.9 Å². The summed E-state index contributed by atoms with van der Waals surface area (Å²) in [7, 11) is 1.64. The number of carbonyl (C=O) groups is 2. The maximum absolute atomic E-state index is 11.8. The maximum atomic E-state index is 11.8. The third-order valence-electron chi connectivity index (χ3n) is 4.82. The molecule has 0 aliphatic carbocycles. The van der Waals surface area contributed by atoms with E-state index in [1.54, 1.807) is 7.05 Å². The molecule has 1 saturated heterocycles. The average Bonchev–Trinajstić information content (AvgIpc) is 2.59. The van der Waals surface area contributed by atoms with Crippen LogP contribution >= 0.6 is 0 Å². The fourth-order valence-corrected chi connectivity index (χ4v) is 2.99. The minimum Gasteiger partial charge on any atom is -0.549 e. The molecule has 151 valence electrons. The molecule has 1 fully saturated rings. The van der Waals surface area contributed by atoms with Crippen molar-refractivity contribution < 1.29 is 54.6 Å². The Morgan fingerprint density at radius 3 is 1.42 bits per heavy atom. The van der Waals surface area contributed by atoms with Gasteiger partial charge >= 0.3 is 39.9 Å². The molecule has 0 aromatic carbocycles. The number of hydrogen-bond donors (Lipinski definition) is 1. The largest absolute Gasteiger partial charge is 3.00 e. The molecule has 0 spiro atoms. The van der Waals surface area contributed by atoms with Crippen LogP contribution in [0.25, 0.3) is 0 Å². The smallest absolute Gasteiger partial charge is 0.549 e. The number of nitrogens with zero attached hydrogens (tertiary/aromatic N) is 4. The molecule has 1 radical (unpaired) electrons. The van der Waals surface area contributed by atoms with E-state index in [0.29, 0.717) is 26.2 Å². The average molecular weight is 514 g/mol. The number of likely N-dealkylation sites (N-methyl/N-ethyl adjacent to an activating group) is 3. The molecule has 8 nitrogen and oxygen atoms in total. The zero-order valence-electron chi connectivity index (χ0n) is 16.4. The molecule has 9 heteroatoms. The van der Waals surface area contributed by atoms with Crippen molar-refractivity contribution >= 4 is 11.9 Å². The molecular weight excluding hydrogens is 479 g/mol. The minimum absolute atomic E-state index is 0. The van der Waals surface area contributed by atoms with Gasteiger partial charge in [-0.15, -0.1) is 0 Å². The number of rotatable bonds is 6. The Bertz CT molecular complexity index is 414. The van der Waals surface area contributed by atoms with Crippen molar-refractivity contribution in [1.82, 2.24) is 24.9 Å². The molecule has 0 bridgehead atoms. The molecular formula is C17H34GdN5O3+2. The second kappa shape index (κ2) is 15.1. The van der Waals surface area contributed by atoms with E-state index in [1.807, 2.05) is 4.90 Å². The Morgan fingerprint density at radius 2 is 1.12 bits per heavy atom. The quantitative estimate of drug-likeness (QED) is 0.430. The summed E-state index contributed by atoms with van der Waals surface area (Å²) in [5.41, 5.74) is 0. The number of hydrogen-bond acceptors (Lipinski definition) is 7. The van der Waals surface area contributed by atoms with Crippen LogP contribution in [0.15, 0.2) is 0 Å². The number of nitrogens with one attached hydrogen (secondary N) is 1. The van der Waals surface area contributed by atoms with Gasteiger partial charge in [-0.3, -0.25) is 14.6 Å². The van der Waals surface area contributed by atoms with Gasteiger partial charge in [0.2, 0.25) is 5.91 Å². The van der Waals surface area contributed by atoms with E-state index in [1.165, 1.54) is 0 Å². The Balaban J connectivity index is 0.00000625. The van der Waals surface area contributed by atoms with E-state index in [4.69, 9.17) is 0 Å². The van der Waals surface area contributed by atoms with Crippen LogP contribution in [0.3, 0.4) is 0 Å².